The SMILES string of the molecule is Cc1cc(C(N)Cc2ccccc2[N+](=O)[O-])ccc1F. The van der Waals surface area contributed by atoms with Crippen LogP contribution in [0.1, 0.15) is 22.7 Å². The van der Waals surface area contributed by atoms with Gasteiger partial charge in [0.05, 0.1) is 4.92 Å². The van der Waals surface area contributed by atoms with Crippen LogP contribution in [0.3, 0.4) is 0 Å². The Hall–Kier alpha value is -2.27. The van der Waals surface area contributed by atoms with Crippen molar-refractivity contribution in [1.82, 2.24) is 0 Å². The first-order valence-electron chi connectivity index (χ1n) is 6.23. The van der Waals surface area contributed by atoms with Crippen LogP contribution in [0.25, 0.3) is 0 Å². The van der Waals surface area contributed by atoms with Crippen molar-refractivity contribution >= 4 is 5.69 Å². The lowest BCUT2D eigenvalue weighted by Crippen LogP contribution is -2.14. The number of hydrogen-bond acceptors (Lipinski definition) is 3. The van der Waals surface area contributed by atoms with E-state index in [1.54, 1.807) is 37.3 Å². The van der Waals surface area contributed by atoms with Gasteiger partial charge in [0.15, 0.2) is 0 Å². The predicted molar refractivity (Wildman–Crippen MR) is 74.9 cm³/mol. The van der Waals surface area contributed by atoms with Crippen molar-refractivity contribution in [3.63, 3.8) is 0 Å². The van der Waals surface area contributed by atoms with E-state index in [2.05, 4.69) is 0 Å². The predicted octanol–water partition coefficient (Wildman–Crippen LogP) is 3.28. The molecule has 0 aliphatic rings. The molecule has 0 amide bonds. The highest BCUT2D eigenvalue weighted by atomic mass is 19.1. The van der Waals surface area contributed by atoms with E-state index < -0.39 is 11.0 Å². The van der Waals surface area contributed by atoms with E-state index in [1.807, 2.05) is 0 Å². The molecule has 0 spiro atoms. The van der Waals surface area contributed by atoms with Gasteiger partial charge in [0.2, 0.25) is 0 Å². The Morgan fingerprint density at radius 3 is 2.65 bits per heavy atom. The number of halogens is 1. The molecule has 0 aromatic heterocycles. The van der Waals surface area contributed by atoms with E-state index >= 15 is 0 Å². The van der Waals surface area contributed by atoms with E-state index in [0.717, 1.165) is 5.56 Å². The Labute approximate surface area is 116 Å². The Bertz CT molecular complexity index is 644. The van der Waals surface area contributed by atoms with Gasteiger partial charge < -0.3 is 5.73 Å². The average molecular weight is 274 g/mol. The number of aryl methyl sites for hydroxylation is 1. The summed E-state index contributed by atoms with van der Waals surface area (Å²) < 4.78 is 13.2. The maximum absolute atomic E-state index is 13.2. The molecule has 0 aliphatic carbocycles. The van der Waals surface area contributed by atoms with Gasteiger partial charge in [-0.1, -0.05) is 30.3 Å². The lowest BCUT2D eigenvalue weighted by atomic mass is 9.97. The molecule has 2 aromatic rings. The summed E-state index contributed by atoms with van der Waals surface area (Å²) >= 11 is 0. The first kappa shape index (κ1) is 14.1. The monoisotopic (exact) mass is 274 g/mol. The number of para-hydroxylation sites is 1. The smallest absolute Gasteiger partial charge is 0.272 e. The van der Waals surface area contributed by atoms with Gasteiger partial charge in [0, 0.05) is 17.7 Å². The minimum Gasteiger partial charge on any atom is -0.324 e. The number of benzene rings is 2. The fraction of sp³-hybridized carbons (Fsp3) is 0.200. The lowest BCUT2D eigenvalue weighted by molar-refractivity contribution is -0.385. The number of nitro groups is 1. The largest absolute Gasteiger partial charge is 0.324 e. The standard InChI is InChI=1S/C15H15FN2O2/c1-10-8-11(6-7-13(10)16)14(17)9-12-4-2-3-5-15(12)18(19)20/h2-8,14H,9,17H2,1H3. The van der Waals surface area contributed by atoms with Gasteiger partial charge in [0.1, 0.15) is 5.82 Å². The summed E-state index contributed by atoms with van der Waals surface area (Å²) in [5, 5.41) is 11.0. The van der Waals surface area contributed by atoms with Gasteiger partial charge in [-0.2, -0.15) is 0 Å². The zero-order valence-electron chi connectivity index (χ0n) is 11.0. The molecule has 0 radical (unpaired) electrons. The number of rotatable bonds is 4. The van der Waals surface area contributed by atoms with Crippen molar-refractivity contribution in [2.75, 3.05) is 0 Å². The van der Waals surface area contributed by atoms with Crippen molar-refractivity contribution in [3.8, 4) is 0 Å². The second kappa shape index (κ2) is 5.79. The minimum atomic E-state index is -0.419. The van der Waals surface area contributed by atoms with Crippen molar-refractivity contribution in [2.45, 2.75) is 19.4 Å². The van der Waals surface area contributed by atoms with Crippen LogP contribution in [0.15, 0.2) is 42.5 Å². The molecule has 20 heavy (non-hydrogen) atoms. The van der Waals surface area contributed by atoms with Crippen molar-refractivity contribution in [1.29, 1.82) is 0 Å². The Morgan fingerprint density at radius 1 is 1.30 bits per heavy atom. The molecule has 104 valence electrons. The molecule has 2 aromatic carbocycles. The second-order valence-corrected chi connectivity index (χ2v) is 4.71. The number of hydrogen-bond donors (Lipinski definition) is 1. The minimum absolute atomic E-state index is 0.0572. The first-order chi connectivity index (χ1) is 9.49. The van der Waals surface area contributed by atoms with Crippen LogP contribution in [-0.4, -0.2) is 4.92 Å². The van der Waals surface area contributed by atoms with E-state index in [1.165, 1.54) is 12.1 Å². The highest BCUT2D eigenvalue weighted by Crippen LogP contribution is 2.24. The molecule has 1 atom stereocenters. The second-order valence-electron chi connectivity index (χ2n) is 4.71. The van der Waals surface area contributed by atoms with Gasteiger partial charge in [0.25, 0.3) is 5.69 Å². The summed E-state index contributed by atoms with van der Waals surface area (Å²) in [5.74, 6) is -0.286. The maximum atomic E-state index is 13.2. The lowest BCUT2D eigenvalue weighted by Gasteiger charge is -2.13. The highest BCUT2D eigenvalue weighted by molar-refractivity contribution is 5.41. The summed E-state index contributed by atoms with van der Waals surface area (Å²) in [4.78, 5) is 10.5. The van der Waals surface area contributed by atoms with Gasteiger partial charge in [-0.25, -0.2) is 4.39 Å². The molecular formula is C15H15FN2O2. The van der Waals surface area contributed by atoms with Crippen LogP contribution in [0, 0.1) is 22.9 Å². The first-order valence-corrected chi connectivity index (χ1v) is 6.23. The summed E-state index contributed by atoms with van der Waals surface area (Å²) in [7, 11) is 0. The summed E-state index contributed by atoms with van der Waals surface area (Å²) in [6, 6.07) is 10.8. The van der Waals surface area contributed by atoms with Crippen LogP contribution in [0.4, 0.5) is 10.1 Å². The fourth-order valence-corrected chi connectivity index (χ4v) is 2.11. The van der Waals surface area contributed by atoms with E-state index in [9.17, 15) is 14.5 Å². The van der Waals surface area contributed by atoms with Crippen molar-refractivity contribution in [3.05, 3.63) is 75.1 Å². The molecule has 0 saturated carbocycles. The zero-order chi connectivity index (χ0) is 14.7. The van der Waals surface area contributed by atoms with Gasteiger partial charge in [-0.15, -0.1) is 0 Å². The number of nitro benzene ring substituents is 1. The molecule has 0 heterocycles. The van der Waals surface area contributed by atoms with E-state index in [4.69, 9.17) is 5.73 Å². The van der Waals surface area contributed by atoms with E-state index in [-0.39, 0.29) is 11.5 Å². The average Bonchev–Trinajstić information content (AvgIpc) is 2.42. The summed E-state index contributed by atoms with van der Waals surface area (Å²) in [6.45, 7) is 1.66. The van der Waals surface area contributed by atoms with Gasteiger partial charge >= 0.3 is 0 Å². The van der Waals surface area contributed by atoms with Gasteiger partial charge in [-0.05, 0) is 30.5 Å². The molecule has 1 unspecified atom stereocenters. The quantitative estimate of drug-likeness (QED) is 0.687. The molecule has 2 rings (SSSR count). The van der Waals surface area contributed by atoms with Crippen LogP contribution in [-0.2, 0) is 6.42 Å². The summed E-state index contributed by atoms with van der Waals surface area (Å²) in [6.07, 6.45) is 0.336. The summed E-state index contributed by atoms with van der Waals surface area (Å²) in [5.41, 5.74) is 7.98. The van der Waals surface area contributed by atoms with Crippen molar-refractivity contribution < 1.29 is 9.31 Å². The molecular weight excluding hydrogens is 259 g/mol. The topological polar surface area (TPSA) is 69.2 Å². The molecule has 0 bridgehead atoms. The third-order valence-corrected chi connectivity index (χ3v) is 3.24. The van der Waals surface area contributed by atoms with Crippen LogP contribution >= 0.6 is 0 Å². The fourth-order valence-electron chi connectivity index (χ4n) is 2.11. The normalized spacial score (nSPS) is 12.2. The number of nitrogens with zero attached hydrogens (tertiary/aromatic N) is 1. The molecule has 4 nitrogen and oxygen atoms in total. The highest BCUT2D eigenvalue weighted by Gasteiger charge is 2.16. The Kier molecular flexibility index (Phi) is 4.10. The van der Waals surface area contributed by atoms with Gasteiger partial charge in [-0.3, -0.25) is 10.1 Å². The molecule has 2 N–H and O–H groups in total. The van der Waals surface area contributed by atoms with Crippen LogP contribution < -0.4 is 5.73 Å². The zero-order valence-corrected chi connectivity index (χ0v) is 11.0. The Balaban J connectivity index is 2.25. The van der Waals surface area contributed by atoms with Crippen LogP contribution in [0.2, 0.25) is 0 Å². The number of nitrogens with two attached hydrogens (primary N) is 1. The third kappa shape index (κ3) is 3.00. The van der Waals surface area contributed by atoms with E-state index in [0.29, 0.717) is 17.5 Å². The third-order valence-electron chi connectivity index (χ3n) is 3.24. The van der Waals surface area contributed by atoms with Crippen LogP contribution in [0.5, 0.6) is 0 Å². The van der Waals surface area contributed by atoms with Crippen molar-refractivity contribution in [2.24, 2.45) is 5.73 Å². The molecule has 0 saturated heterocycles. The Morgan fingerprint density at radius 2 is 2.00 bits per heavy atom. The molecule has 0 fully saturated rings. The molecule has 0 aliphatic heterocycles. The maximum Gasteiger partial charge on any atom is 0.272 e. The molecule has 5 heteroatoms.